The Hall–Kier alpha value is -1.29. The second-order valence-corrected chi connectivity index (χ2v) is 4.51. The van der Waals surface area contributed by atoms with Gasteiger partial charge in [-0.15, -0.1) is 11.3 Å². The van der Waals surface area contributed by atoms with Crippen molar-refractivity contribution in [3.05, 3.63) is 34.2 Å². The van der Waals surface area contributed by atoms with Crippen LogP contribution in [0.4, 0.5) is 0 Å². The third-order valence-corrected chi connectivity index (χ3v) is 3.14. The summed E-state index contributed by atoms with van der Waals surface area (Å²) < 4.78 is 4.48. The molecular weight excluding hydrogens is 210 g/mol. The van der Waals surface area contributed by atoms with Crippen LogP contribution in [-0.2, 0) is 9.53 Å². The van der Waals surface area contributed by atoms with E-state index in [2.05, 4.69) is 29.1 Å². The van der Waals surface area contributed by atoms with E-state index in [1.807, 2.05) is 6.92 Å². The molecule has 0 spiro atoms. The van der Waals surface area contributed by atoms with Gasteiger partial charge < -0.3 is 10.1 Å². The highest BCUT2D eigenvalue weighted by Gasteiger charge is 2.04. The van der Waals surface area contributed by atoms with Gasteiger partial charge in [-0.3, -0.25) is 0 Å². The van der Waals surface area contributed by atoms with Crippen LogP contribution in [0.3, 0.4) is 0 Å². The zero-order chi connectivity index (χ0) is 11.3. The number of nitrogens with one attached hydrogen (secondary N) is 1. The van der Waals surface area contributed by atoms with E-state index in [-0.39, 0.29) is 12.0 Å². The van der Waals surface area contributed by atoms with E-state index in [1.165, 1.54) is 22.9 Å². The van der Waals surface area contributed by atoms with Crippen molar-refractivity contribution in [3.63, 3.8) is 0 Å². The molecule has 1 heterocycles. The summed E-state index contributed by atoms with van der Waals surface area (Å²) in [5.74, 6) is -0.350. The second kappa shape index (κ2) is 5.56. The first kappa shape index (κ1) is 11.8. The van der Waals surface area contributed by atoms with Crippen molar-refractivity contribution in [3.8, 4) is 0 Å². The molecule has 0 aliphatic carbocycles. The van der Waals surface area contributed by atoms with Crippen molar-refractivity contribution in [1.82, 2.24) is 5.32 Å². The number of aryl methyl sites for hydroxylation is 1. The van der Waals surface area contributed by atoms with Crippen LogP contribution in [0.15, 0.2) is 24.4 Å². The van der Waals surface area contributed by atoms with E-state index in [0.717, 1.165) is 0 Å². The summed E-state index contributed by atoms with van der Waals surface area (Å²) in [6, 6.07) is 4.39. The van der Waals surface area contributed by atoms with Crippen LogP contribution in [0, 0.1) is 6.92 Å². The number of methoxy groups -OCH3 is 1. The molecule has 1 unspecified atom stereocenters. The maximum absolute atomic E-state index is 10.8. The van der Waals surface area contributed by atoms with Crippen LogP contribution in [0.25, 0.3) is 0 Å². The van der Waals surface area contributed by atoms with Crippen LogP contribution < -0.4 is 5.32 Å². The Labute approximate surface area is 93.8 Å². The number of carbonyl (C=O) groups is 1. The highest BCUT2D eigenvalue weighted by molar-refractivity contribution is 7.12. The van der Waals surface area contributed by atoms with Gasteiger partial charge >= 0.3 is 5.97 Å². The molecular formula is C11H15NO2S. The number of ether oxygens (including phenoxy) is 1. The van der Waals surface area contributed by atoms with Crippen LogP contribution in [-0.4, -0.2) is 13.1 Å². The molecule has 1 aromatic heterocycles. The Morgan fingerprint density at radius 1 is 1.60 bits per heavy atom. The van der Waals surface area contributed by atoms with Crippen LogP contribution >= 0.6 is 11.3 Å². The minimum absolute atomic E-state index is 0.213. The molecule has 0 aliphatic heterocycles. The fourth-order valence-electron chi connectivity index (χ4n) is 1.10. The lowest BCUT2D eigenvalue weighted by molar-refractivity contribution is -0.134. The molecule has 0 radical (unpaired) electrons. The topological polar surface area (TPSA) is 38.3 Å². The number of esters is 1. The summed E-state index contributed by atoms with van der Waals surface area (Å²) in [4.78, 5) is 13.3. The summed E-state index contributed by atoms with van der Waals surface area (Å²) >= 11 is 1.75. The van der Waals surface area contributed by atoms with E-state index in [9.17, 15) is 4.79 Å². The van der Waals surface area contributed by atoms with Gasteiger partial charge in [0.2, 0.25) is 0 Å². The lowest BCUT2D eigenvalue weighted by Crippen LogP contribution is -2.11. The number of thiophene rings is 1. The fraction of sp³-hybridized carbons (Fsp3) is 0.364. The summed E-state index contributed by atoms with van der Waals surface area (Å²) in [5.41, 5.74) is 0. The van der Waals surface area contributed by atoms with Crippen molar-refractivity contribution < 1.29 is 9.53 Å². The average Bonchev–Trinajstić information content (AvgIpc) is 2.64. The minimum Gasteiger partial charge on any atom is -0.466 e. The first-order chi connectivity index (χ1) is 7.13. The van der Waals surface area contributed by atoms with E-state index in [0.29, 0.717) is 0 Å². The molecule has 0 saturated carbocycles. The summed E-state index contributed by atoms with van der Waals surface area (Å²) in [6.07, 6.45) is 2.99. The monoisotopic (exact) mass is 225 g/mol. The van der Waals surface area contributed by atoms with Crippen molar-refractivity contribution in [2.45, 2.75) is 19.9 Å². The molecule has 0 fully saturated rings. The third kappa shape index (κ3) is 3.75. The minimum atomic E-state index is -0.350. The van der Waals surface area contributed by atoms with Gasteiger partial charge in [0, 0.05) is 22.0 Å². The molecule has 0 bridgehead atoms. The maximum atomic E-state index is 10.8. The molecule has 15 heavy (non-hydrogen) atoms. The largest absolute Gasteiger partial charge is 0.466 e. The van der Waals surface area contributed by atoms with Gasteiger partial charge in [-0.05, 0) is 26.0 Å². The van der Waals surface area contributed by atoms with Crippen LogP contribution in [0.5, 0.6) is 0 Å². The smallest absolute Gasteiger partial charge is 0.331 e. The predicted molar refractivity (Wildman–Crippen MR) is 61.8 cm³/mol. The van der Waals surface area contributed by atoms with Gasteiger partial charge in [-0.25, -0.2) is 4.79 Å². The van der Waals surface area contributed by atoms with Gasteiger partial charge in [-0.1, -0.05) is 0 Å². The molecule has 4 heteroatoms. The fourth-order valence-corrected chi connectivity index (χ4v) is 1.99. The number of rotatable bonds is 4. The van der Waals surface area contributed by atoms with E-state index in [1.54, 1.807) is 17.5 Å². The molecule has 0 aromatic carbocycles. The molecule has 1 rings (SSSR count). The SMILES string of the molecule is COC(=O)/C=C/NC(C)c1ccc(C)s1. The Balaban J connectivity index is 2.46. The third-order valence-electron chi connectivity index (χ3n) is 1.95. The van der Waals surface area contributed by atoms with Crippen LogP contribution in [0.1, 0.15) is 22.7 Å². The summed E-state index contributed by atoms with van der Waals surface area (Å²) in [6.45, 7) is 4.12. The molecule has 82 valence electrons. The molecule has 0 amide bonds. The molecule has 3 nitrogen and oxygen atoms in total. The van der Waals surface area contributed by atoms with Gasteiger partial charge in [0.05, 0.1) is 13.2 Å². The maximum Gasteiger partial charge on any atom is 0.331 e. The van der Waals surface area contributed by atoms with Crippen molar-refractivity contribution in [1.29, 1.82) is 0 Å². The molecule has 1 N–H and O–H groups in total. The number of hydrogen-bond acceptors (Lipinski definition) is 4. The highest BCUT2D eigenvalue weighted by Crippen LogP contribution is 2.21. The Bertz CT molecular complexity index is 357. The van der Waals surface area contributed by atoms with E-state index < -0.39 is 0 Å². The Kier molecular flexibility index (Phi) is 4.37. The highest BCUT2D eigenvalue weighted by atomic mass is 32.1. The van der Waals surface area contributed by atoms with Gasteiger partial charge in [0.1, 0.15) is 0 Å². The summed E-state index contributed by atoms with van der Waals surface area (Å²) in [7, 11) is 1.36. The van der Waals surface area contributed by atoms with Crippen molar-refractivity contribution in [2.24, 2.45) is 0 Å². The lowest BCUT2D eigenvalue weighted by Gasteiger charge is -2.08. The predicted octanol–water partition coefficient (Wildman–Crippen LogP) is 2.39. The average molecular weight is 225 g/mol. The van der Waals surface area contributed by atoms with E-state index in [4.69, 9.17) is 0 Å². The lowest BCUT2D eigenvalue weighted by atomic mass is 10.3. The standard InChI is InChI=1S/C11H15NO2S/c1-8-4-5-10(15-8)9(2)12-7-6-11(13)14-3/h4-7,9,12H,1-3H3/b7-6+. The summed E-state index contributed by atoms with van der Waals surface area (Å²) in [5, 5.41) is 3.11. The zero-order valence-corrected chi connectivity index (χ0v) is 9.93. The first-order valence-electron chi connectivity index (χ1n) is 4.70. The second-order valence-electron chi connectivity index (χ2n) is 3.19. The normalized spacial score (nSPS) is 12.7. The van der Waals surface area contributed by atoms with E-state index >= 15 is 0 Å². The van der Waals surface area contributed by atoms with Gasteiger partial charge in [0.15, 0.2) is 0 Å². The Morgan fingerprint density at radius 3 is 2.87 bits per heavy atom. The van der Waals surface area contributed by atoms with Crippen LogP contribution in [0.2, 0.25) is 0 Å². The first-order valence-corrected chi connectivity index (χ1v) is 5.52. The Morgan fingerprint density at radius 2 is 2.33 bits per heavy atom. The molecule has 1 atom stereocenters. The quantitative estimate of drug-likeness (QED) is 0.631. The number of hydrogen-bond donors (Lipinski definition) is 1. The molecule has 1 aromatic rings. The van der Waals surface area contributed by atoms with Crippen molar-refractivity contribution >= 4 is 17.3 Å². The van der Waals surface area contributed by atoms with Gasteiger partial charge in [0.25, 0.3) is 0 Å². The van der Waals surface area contributed by atoms with Crippen molar-refractivity contribution in [2.75, 3.05) is 7.11 Å². The number of carbonyl (C=O) groups excluding carboxylic acids is 1. The molecule has 0 saturated heterocycles. The zero-order valence-electron chi connectivity index (χ0n) is 9.11. The molecule has 0 aliphatic rings. The van der Waals surface area contributed by atoms with Gasteiger partial charge in [-0.2, -0.15) is 0 Å².